The number of ether oxygens (including phenoxy) is 2. The van der Waals surface area contributed by atoms with Gasteiger partial charge in [-0.15, -0.1) is 0 Å². The van der Waals surface area contributed by atoms with E-state index in [0.29, 0.717) is 17.2 Å². The van der Waals surface area contributed by atoms with Gasteiger partial charge in [0, 0.05) is 24.2 Å². The topological polar surface area (TPSA) is 89.8 Å². The number of carbonyl (C=O) groups is 2. The van der Waals surface area contributed by atoms with Gasteiger partial charge in [0.1, 0.15) is 5.56 Å². The first-order chi connectivity index (χ1) is 14.0. The van der Waals surface area contributed by atoms with Gasteiger partial charge < -0.3 is 24.5 Å². The quantitative estimate of drug-likeness (QED) is 0.692. The zero-order chi connectivity index (χ0) is 20.5. The van der Waals surface area contributed by atoms with Crippen LogP contribution in [0.2, 0.25) is 0 Å². The fourth-order valence-corrected chi connectivity index (χ4v) is 3.78. The fourth-order valence-electron chi connectivity index (χ4n) is 3.78. The Kier molecular flexibility index (Phi) is 4.72. The van der Waals surface area contributed by atoms with Crippen molar-refractivity contribution >= 4 is 17.6 Å². The third kappa shape index (κ3) is 3.20. The monoisotopic (exact) mass is 392 g/mol. The Hall–Kier alpha value is -3.74. The summed E-state index contributed by atoms with van der Waals surface area (Å²) in [7, 11) is 3.11. The summed E-state index contributed by atoms with van der Waals surface area (Å²) in [6.07, 6.45) is 1.75. The molecule has 0 fully saturated rings. The number of aromatic nitrogens is 1. The number of anilines is 1. The molecule has 0 aliphatic carbocycles. The number of carbonyl (C=O) groups excluding carboxylic acids is 1. The molecule has 0 saturated heterocycles. The van der Waals surface area contributed by atoms with E-state index < -0.39 is 5.97 Å². The number of benzene rings is 2. The van der Waals surface area contributed by atoms with Crippen LogP contribution < -0.4 is 14.8 Å². The van der Waals surface area contributed by atoms with E-state index in [-0.39, 0.29) is 23.8 Å². The SMILES string of the molecule is COc1ccc(C2CC(=O)Nc3c(C(=O)O)cn(-c4ccccc4)c32)cc1OC. The van der Waals surface area contributed by atoms with Crippen LogP contribution in [0.15, 0.2) is 54.7 Å². The first-order valence-corrected chi connectivity index (χ1v) is 9.09. The number of carboxylic acids is 1. The van der Waals surface area contributed by atoms with E-state index in [2.05, 4.69) is 5.32 Å². The molecule has 2 aromatic carbocycles. The number of nitrogens with zero attached hydrogens (tertiary/aromatic N) is 1. The van der Waals surface area contributed by atoms with Crippen LogP contribution in [0.5, 0.6) is 11.5 Å². The van der Waals surface area contributed by atoms with Crippen LogP contribution in [-0.4, -0.2) is 35.8 Å². The van der Waals surface area contributed by atoms with Crippen LogP contribution in [0.3, 0.4) is 0 Å². The molecule has 1 atom stereocenters. The predicted molar refractivity (Wildman–Crippen MR) is 107 cm³/mol. The van der Waals surface area contributed by atoms with Gasteiger partial charge in [-0.3, -0.25) is 4.79 Å². The molecule has 1 aliphatic heterocycles. The van der Waals surface area contributed by atoms with Gasteiger partial charge in [-0.1, -0.05) is 24.3 Å². The molecule has 1 aromatic heterocycles. The summed E-state index contributed by atoms with van der Waals surface area (Å²) >= 11 is 0. The van der Waals surface area contributed by atoms with Crippen molar-refractivity contribution < 1.29 is 24.2 Å². The predicted octanol–water partition coefficient (Wildman–Crippen LogP) is 3.67. The van der Waals surface area contributed by atoms with Crippen LogP contribution in [-0.2, 0) is 4.79 Å². The number of nitrogens with one attached hydrogen (secondary N) is 1. The first kappa shape index (κ1) is 18.6. The van der Waals surface area contributed by atoms with E-state index in [1.807, 2.05) is 47.0 Å². The van der Waals surface area contributed by atoms with Crippen LogP contribution in [0.4, 0.5) is 5.69 Å². The smallest absolute Gasteiger partial charge is 0.339 e. The molecule has 29 heavy (non-hydrogen) atoms. The van der Waals surface area contributed by atoms with Crippen LogP contribution in [0, 0.1) is 0 Å². The van der Waals surface area contributed by atoms with E-state index in [1.165, 1.54) is 0 Å². The Labute approximate surface area is 167 Å². The highest BCUT2D eigenvalue weighted by Gasteiger charge is 2.34. The van der Waals surface area contributed by atoms with E-state index in [4.69, 9.17) is 9.47 Å². The summed E-state index contributed by atoms with van der Waals surface area (Å²) in [6, 6.07) is 14.9. The Morgan fingerprint density at radius 3 is 2.48 bits per heavy atom. The maximum Gasteiger partial charge on any atom is 0.339 e. The number of hydrogen-bond donors (Lipinski definition) is 2. The van der Waals surface area contributed by atoms with Gasteiger partial charge in [0.2, 0.25) is 5.91 Å². The Morgan fingerprint density at radius 1 is 1.10 bits per heavy atom. The Morgan fingerprint density at radius 2 is 1.83 bits per heavy atom. The van der Waals surface area contributed by atoms with E-state index in [0.717, 1.165) is 16.9 Å². The molecule has 2 heterocycles. The van der Waals surface area contributed by atoms with E-state index >= 15 is 0 Å². The zero-order valence-electron chi connectivity index (χ0n) is 16.0. The number of rotatable bonds is 5. The van der Waals surface area contributed by atoms with Crippen molar-refractivity contribution in [3.63, 3.8) is 0 Å². The zero-order valence-corrected chi connectivity index (χ0v) is 16.0. The Balaban J connectivity index is 1.94. The molecule has 2 N–H and O–H groups in total. The minimum Gasteiger partial charge on any atom is -0.493 e. The van der Waals surface area contributed by atoms with Crippen molar-refractivity contribution in [2.75, 3.05) is 19.5 Å². The minimum absolute atomic E-state index is 0.0578. The third-order valence-corrected chi connectivity index (χ3v) is 5.10. The maximum absolute atomic E-state index is 12.4. The summed E-state index contributed by atoms with van der Waals surface area (Å²) in [5.41, 5.74) is 2.77. The average Bonchev–Trinajstić information content (AvgIpc) is 3.13. The standard InChI is InChI=1S/C22H20N2O5/c1-28-17-9-8-13(10-18(17)29-2)15-11-19(25)23-20-16(22(26)27)12-24(21(15)20)14-6-4-3-5-7-14/h3-10,12,15H,11H2,1-2H3,(H,23,25)(H,26,27). The number of amides is 1. The highest BCUT2D eigenvalue weighted by Crippen LogP contribution is 2.43. The molecule has 0 radical (unpaired) electrons. The van der Waals surface area contributed by atoms with Gasteiger partial charge in [-0.05, 0) is 29.8 Å². The molecular formula is C22H20N2O5. The molecule has 7 nitrogen and oxygen atoms in total. The molecular weight excluding hydrogens is 372 g/mol. The molecule has 3 aromatic rings. The summed E-state index contributed by atoms with van der Waals surface area (Å²) in [4.78, 5) is 24.3. The van der Waals surface area contributed by atoms with Gasteiger partial charge in [0.05, 0.1) is 25.6 Å². The van der Waals surface area contributed by atoms with Crippen molar-refractivity contribution in [3.8, 4) is 17.2 Å². The fraction of sp³-hybridized carbons (Fsp3) is 0.182. The van der Waals surface area contributed by atoms with Gasteiger partial charge >= 0.3 is 5.97 Å². The average molecular weight is 392 g/mol. The molecule has 7 heteroatoms. The van der Waals surface area contributed by atoms with Gasteiger partial charge in [-0.2, -0.15) is 0 Å². The lowest BCUT2D eigenvalue weighted by Crippen LogP contribution is -2.25. The molecule has 1 amide bonds. The normalized spacial score (nSPS) is 15.4. The number of fused-ring (bicyclic) bond motifs is 1. The highest BCUT2D eigenvalue weighted by molar-refractivity contribution is 6.04. The van der Waals surface area contributed by atoms with E-state index in [9.17, 15) is 14.7 Å². The third-order valence-electron chi connectivity index (χ3n) is 5.10. The number of carboxylic acid groups (broad SMARTS) is 1. The number of para-hydroxylation sites is 1. The van der Waals surface area contributed by atoms with Crippen LogP contribution in [0.25, 0.3) is 5.69 Å². The summed E-state index contributed by atoms with van der Waals surface area (Å²) in [5, 5.41) is 12.4. The van der Waals surface area contributed by atoms with Gasteiger partial charge in [0.25, 0.3) is 0 Å². The number of methoxy groups -OCH3 is 2. The van der Waals surface area contributed by atoms with E-state index in [1.54, 1.807) is 26.5 Å². The summed E-state index contributed by atoms with van der Waals surface area (Å²) in [6.45, 7) is 0. The molecule has 1 unspecified atom stereocenters. The van der Waals surface area contributed by atoms with Crippen molar-refractivity contribution in [2.24, 2.45) is 0 Å². The highest BCUT2D eigenvalue weighted by atomic mass is 16.5. The summed E-state index contributed by atoms with van der Waals surface area (Å²) in [5.74, 6) is -0.531. The molecule has 1 aliphatic rings. The molecule has 0 saturated carbocycles. The maximum atomic E-state index is 12.4. The lowest BCUT2D eigenvalue weighted by Gasteiger charge is -2.26. The molecule has 0 bridgehead atoms. The summed E-state index contributed by atoms with van der Waals surface area (Å²) < 4.78 is 12.6. The lowest BCUT2D eigenvalue weighted by atomic mass is 9.88. The molecule has 0 spiro atoms. The minimum atomic E-state index is -1.09. The number of aromatic carboxylic acids is 1. The molecule has 148 valence electrons. The van der Waals surface area contributed by atoms with Gasteiger partial charge in [-0.25, -0.2) is 4.79 Å². The first-order valence-electron chi connectivity index (χ1n) is 9.09. The Bertz CT molecular complexity index is 1090. The second-order valence-electron chi connectivity index (χ2n) is 6.73. The van der Waals surface area contributed by atoms with Crippen LogP contribution >= 0.6 is 0 Å². The van der Waals surface area contributed by atoms with Crippen molar-refractivity contribution in [3.05, 3.63) is 71.5 Å². The van der Waals surface area contributed by atoms with Crippen molar-refractivity contribution in [2.45, 2.75) is 12.3 Å². The van der Waals surface area contributed by atoms with Gasteiger partial charge in [0.15, 0.2) is 11.5 Å². The molecule has 4 rings (SSSR count). The lowest BCUT2D eigenvalue weighted by molar-refractivity contribution is -0.116. The van der Waals surface area contributed by atoms with Crippen molar-refractivity contribution in [1.29, 1.82) is 0 Å². The van der Waals surface area contributed by atoms with Crippen molar-refractivity contribution in [1.82, 2.24) is 4.57 Å². The van der Waals surface area contributed by atoms with Crippen LogP contribution in [0.1, 0.15) is 34.0 Å². The second kappa shape index (κ2) is 7.35. The largest absolute Gasteiger partial charge is 0.493 e. The second-order valence-corrected chi connectivity index (χ2v) is 6.73. The number of hydrogen-bond acceptors (Lipinski definition) is 4.